The number of benzene rings is 1. The van der Waals surface area contributed by atoms with E-state index in [4.69, 9.17) is 4.42 Å². The second kappa shape index (κ2) is 6.45. The Kier molecular flexibility index (Phi) is 4.41. The van der Waals surface area contributed by atoms with Gasteiger partial charge >= 0.3 is 0 Å². The van der Waals surface area contributed by atoms with E-state index in [1.54, 1.807) is 18.4 Å². The molecule has 1 aromatic carbocycles. The number of halogens is 1. The van der Waals surface area contributed by atoms with Gasteiger partial charge in [0.25, 0.3) is 5.91 Å². The van der Waals surface area contributed by atoms with Gasteiger partial charge in [-0.25, -0.2) is 0 Å². The second-order valence-electron chi connectivity index (χ2n) is 5.32. The number of nitrogens with one attached hydrogen (secondary N) is 1. The molecule has 0 radical (unpaired) electrons. The lowest BCUT2D eigenvalue weighted by molar-refractivity contribution is -0.917. The maximum Gasteiger partial charge on any atom is 0.289 e. The van der Waals surface area contributed by atoms with Crippen molar-refractivity contribution in [3.8, 4) is 0 Å². The standard InChI is InChI=1S/C16H17BrN2O2/c17-14-5-3-13(4-6-14)12-18-7-9-19(10-8-18)16(20)15-2-1-11-21-15/h1-6,11H,7-10,12H2/p+1. The zero-order chi connectivity index (χ0) is 14.7. The Hall–Kier alpha value is -1.59. The third-order valence-electron chi connectivity index (χ3n) is 3.86. The van der Waals surface area contributed by atoms with Crippen LogP contribution in [0.2, 0.25) is 0 Å². The largest absolute Gasteiger partial charge is 0.459 e. The minimum atomic E-state index is 0.00249. The van der Waals surface area contributed by atoms with Crippen LogP contribution in [0.1, 0.15) is 16.1 Å². The molecule has 0 spiro atoms. The first-order valence-electron chi connectivity index (χ1n) is 7.13. The van der Waals surface area contributed by atoms with E-state index >= 15 is 0 Å². The summed E-state index contributed by atoms with van der Waals surface area (Å²) in [6, 6.07) is 11.9. The maximum absolute atomic E-state index is 12.2. The normalized spacial score (nSPS) is 16.1. The van der Waals surface area contributed by atoms with Crippen LogP contribution >= 0.6 is 15.9 Å². The number of piperazine rings is 1. The first-order chi connectivity index (χ1) is 10.2. The molecule has 1 aromatic heterocycles. The highest BCUT2D eigenvalue weighted by atomic mass is 79.9. The maximum atomic E-state index is 12.2. The fraction of sp³-hybridized carbons (Fsp3) is 0.312. The highest BCUT2D eigenvalue weighted by Crippen LogP contribution is 2.10. The van der Waals surface area contributed by atoms with Crippen LogP contribution in [-0.2, 0) is 6.54 Å². The van der Waals surface area contributed by atoms with Crippen LogP contribution in [0.3, 0.4) is 0 Å². The molecule has 1 fully saturated rings. The number of furan rings is 1. The van der Waals surface area contributed by atoms with E-state index in [1.165, 1.54) is 10.5 Å². The molecule has 21 heavy (non-hydrogen) atoms. The average molecular weight is 350 g/mol. The van der Waals surface area contributed by atoms with Crippen molar-refractivity contribution in [2.24, 2.45) is 0 Å². The number of quaternary nitrogens is 1. The van der Waals surface area contributed by atoms with E-state index in [0.29, 0.717) is 5.76 Å². The van der Waals surface area contributed by atoms with Gasteiger partial charge in [0.2, 0.25) is 0 Å². The minimum Gasteiger partial charge on any atom is -0.459 e. The molecule has 0 bridgehead atoms. The number of carbonyl (C=O) groups excluding carboxylic acids is 1. The molecule has 0 unspecified atom stereocenters. The van der Waals surface area contributed by atoms with Crippen molar-refractivity contribution in [2.45, 2.75) is 6.54 Å². The summed E-state index contributed by atoms with van der Waals surface area (Å²) in [5.41, 5.74) is 1.33. The second-order valence-corrected chi connectivity index (χ2v) is 6.24. The molecule has 1 N–H and O–H groups in total. The van der Waals surface area contributed by atoms with Crippen molar-refractivity contribution in [3.63, 3.8) is 0 Å². The molecule has 110 valence electrons. The summed E-state index contributed by atoms with van der Waals surface area (Å²) in [6.45, 7) is 4.53. The summed E-state index contributed by atoms with van der Waals surface area (Å²) in [5.74, 6) is 0.439. The number of nitrogens with zero attached hydrogens (tertiary/aromatic N) is 1. The lowest BCUT2D eigenvalue weighted by Gasteiger charge is -2.31. The van der Waals surface area contributed by atoms with Crippen LogP contribution in [0.25, 0.3) is 0 Å². The zero-order valence-electron chi connectivity index (χ0n) is 11.7. The molecule has 3 rings (SSSR count). The molecule has 0 saturated carbocycles. The number of hydrogen-bond donors (Lipinski definition) is 1. The topological polar surface area (TPSA) is 37.9 Å². The molecule has 1 saturated heterocycles. The number of carbonyl (C=O) groups is 1. The number of hydrogen-bond acceptors (Lipinski definition) is 2. The minimum absolute atomic E-state index is 0.00249. The molecule has 1 aliphatic heterocycles. The van der Waals surface area contributed by atoms with E-state index in [0.717, 1.165) is 37.2 Å². The van der Waals surface area contributed by atoms with Crippen LogP contribution in [-0.4, -0.2) is 37.0 Å². The lowest BCUT2D eigenvalue weighted by Crippen LogP contribution is -3.13. The van der Waals surface area contributed by atoms with Crippen LogP contribution in [0.5, 0.6) is 0 Å². The van der Waals surface area contributed by atoms with Crippen molar-refractivity contribution in [1.82, 2.24) is 4.90 Å². The predicted octanol–water partition coefficient (Wildman–Crippen LogP) is 1.58. The predicted molar refractivity (Wildman–Crippen MR) is 83.2 cm³/mol. The smallest absolute Gasteiger partial charge is 0.289 e. The Morgan fingerprint density at radius 1 is 1.19 bits per heavy atom. The Morgan fingerprint density at radius 3 is 2.52 bits per heavy atom. The van der Waals surface area contributed by atoms with E-state index in [2.05, 4.69) is 40.2 Å². The van der Waals surface area contributed by atoms with Crippen LogP contribution < -0.4 is 4.90 Å². The number of rotatable bonds is 3. The molecular weight excluding hydrogens is 332 g/mol. The van der Waals surface area contributed by atoms with Gasteiger partial charge in [0.05, 0.1) is 32.4 Å². The van der Waals surface area contributed by atoms with E-state index in [9.17, 15) is 4.79 Å². The lowest BCUT2D eigenvalue weighted by atomic mass is 10.2. The van der Waals surface area contributed by atoms with E-state index in [-0.39, 0.29) is 5.91 Å². The first-order valence-corrected chi connectivity index (χ1v) is 7.92. The van der Waals surface area contributed by atoms with E-state index in [1.807, 2.05) is 4.90 Å². The summed E-state index contributed by atoms with van der Waals surface area (Å²) < 4.78 is 6.29. The number of amides is 1. The Morgan fingerprint density at radius 2 is 1.90 bits per heavy atom. The van der Waals surface area contributed by atoms with Crippen molar-refractivity contribution in [1.29, 1.82) is 0 Å². The fourth-order valence-electron chi connectivity index (χ4n) is 2.65. The monoisotopic (exact) mass is 349 g/mol. The molecule has 2 aromatic rings. The average Bonchev–Trinajstić information content (AvgIpc) is 3.04. The molecule has 5 heteroatoms. The Balaban J connectivity index is 1.53. The third-order valence-corrected chi connectivity index (χ3v) is 4.39. The van der Waals surface area contributed by atoms with Gasteiger partial charge in [0, 0.05) is 10.0 Å². The summed E-state index contributed by atoms with van der Waals surface area (Å²) in [4.78, 5) is 15.6. The summed E-state index contributed by atoms with van der Waals surface area (Å²) >= 11 is 3.45. The van der Waals surface area contributed by atoms with Crippen molar-refractivity contribution in [3.05, 3.63) is 58.5 Å². The Bertz CT molecular complexity index is 587. The van der Waals surface area contributed by atoms with Gasteiger partial charge in [0.15, 0.2) is 5.76 Å². The van der Waals surface area contributed by atoms with Crippen molar-refractivity contribution in [2.75, 3.05) is 26.2 Å². The van der Waals surface area contributed by atoms with Crippen molar-refractivity contribution >= 4 is 21.8 Å². The van der Waals surface area contributed by atoms with Gasteiger partial charge in [-0.2, -0.15) is 0 Å². The molecule has 2 heterocycles. The molecule has 1 amide bonds. The highest BCUT2D eigenvalue weighted by Gasteiger charge is 2.25. The van der Waals surface area contributed by atoms with Gasteiger partial charge in [-0.15, -0.1) is 0 Å². The van der Waals surface area contributed by atoms with Gasteiger partial charge in [-0.05, 0) is 24.3 Å². The van der Waals surface area contributed by atoms with Gasteiger partial charge in [0.1, 0.15) is 6.54 Å². The van der Waals surface area contributed by atoms with Gasteiger partial charge in [-0.3, -0.25) is 4.79 Å². The summed E-state index contributed by atoms with van der Waals surface area (Å²) in [6.07, 6.45) is 1.54. The van der Waals surface area contributed by atoms with Crippen LogP contribution in [0.15, 0.2) is 51.6 Å². The fourth-order valence-corrected chi connectivity index (χ4v) is 2.91. The van der Waals surface area contributed by atoms with Gasteiger partial charge in [-0.1, -0.05) is 28.1 Å². The third kappa shape index (κ3) is 3.54. The molecule has 1 aliphatic rings. The molecule has 0 atom stereocenters. The van der Waals surface area contributed by atoms with Crippen LogP contribution in [0.4, 0.5) is 0 Å². The SMILES string of the molecule is O=C(c1ccco1)N1CC[NH+](Cc2ccc(Br)cc2)CC1. The first kappa shape index (κ1) is 14.4. The molecule has 4 nitrogen and oxygen atoms in total. The quantitative estimate of drug-likeness (QED) is 0.913. The highest BCUT2D eigenvalue weighted by molar-refractivity contribution is 9.10. The summed E-state index contributed by atoms with van der Waals surface area (Å²) in [5, 5.41) is 0. The Labute approximate surface area is 132 Å². The van der Waals surface area contributed by atoms with Gasteiger partial charge < -0.3 is 14.2 Å². The molecular formula is C16H18BrN2O2+. The van der Waals surface area contributed by atoms with Crippen LogP contribution in [0, 0.1) is 0 Å². The van der Waals surface area contributed by atoms with Crippen molar-refractivity contribution < 1.29 is 14.1 Å². The molecule has 0 aliphatic carbocycles. The summed E-state index contributed by atoms with van der Waals surface area (Å²) in [7, 11) is 0. The van der Waals surface area contributed by atoms with E-state index < -0.39 is 0 Å². The zero-order valence-corrected chi connectivity index (χ0v) is 13.3.